The Labute approximate surface area is 133 Å². The van der Waals surface area contributed by atoms with Gasteiger partial charge in [0.1, 0.15) is 18.3 Å². The van der Waals surface area contributed by atoms with Crippen molar-refractivity contribution in [3.8, 4) is 0 Å². The summed E-state index contributed by atoms with van der Waals surface area (Å²) in [5.74, 6) is -3.48. The largest absolute Gasteiger partial charge is 0.465 e. The van der Waals surface area contributed by atoms with Gasteiger partial charge in [-0.3, -0.25) is 4.79 Å². The van der Waals surface area contributed by atoms with Crippen molar-refractivity contribution in [1.82, 2.24) is 5.32 Å². The standard InChI is InChI=1S/C13H23NO9/c1-6(16)14-9-7(17)4-13(22-3,12(20)21-2)23-11(9)10(19)8(18)5-15/h7-11,15,17-19H,4-5H2,1-3H3,(H,14,16)/t7?,8-,9?,10+,11?,13?/m1/s1. The first-order valence-corrected chi connectivity index (χ1v) is 6.96. The smallest absolute Gasteiger partial charge is 0.366 e. The summed E-state index contributed by atoms with van der Waals surface area (Å²) < 4.78 is 15.1. The van der Waals surface area contributed by atoms with Crippen molar-refractivity contribution in [2.75, 3.05) is 20.8 Å². The lowest BCUT2D eigenvalue weighted by molar-refractivity contribution is -0.305. The fourth-order valence-corrected chi connectivity index (χ4v) is 2.49. The van der Waals surface area contributed by atoms with Crippen molar-refractivity contribution >= 4 is 11.9 Å². The van der Waals surface area contributed by atoms with Gasteiger partial charge in [-0.05, 0) is 0 Å². The molecule has 5 N–H and O–H groups in total. The molecule has 1 saturated heterocycles. The lowest BCUT2D eigenvalue weighted by atomic mass is 9.88. The number of aliphatic hydroxyl groups is 4. The summed E-state index contributed by atoms with van der Waals surface area (Å²) in [7, 11) is 2.24. The van der Waals surface area contributed by atoms with Crippen molar-refractivity contribution in [2.24, 2.45) is 0 Å². The summed E-state index contributed by atoms with van der Waals surface area (Å²) in [6, 6.07) is -1.13. The highest BCUT2D eigenvalue weighted by Gasteiger charge is 2.55. The number of carbonyl (C=O) groups is 2. The Morgan fingerprint density at radius 3 is 2.43 bits per heavy atom. The monoisotopic (exact) mass is 337 g/mol. The zero-order chi connectivity index (χ0) is 17.8. The second-order valence-corrected chi connectivity index (χ2v) is 5.27. The van der Waals surface area contributed by atoms with Crippen LogP contribution in [0.15, 0.2) is 0 Å². The molecule has 0 radical (unpaired) electrons. The Morgan fingerprint density at radius 2 is 2.00 bits per heavy atom. The van der Waals surface area contributed by atoms with Crippen LogP contribution in [0.2, 0.25) is 0 Å². The molecule has 1 fully saturated rings. The normalized spacial score (nSPS) is 33.6. The molecule has 1 heterocycles. The fraction of sp³-hybridized carbons (Fsp3) is 0.846. The topological polar surface area (TPSA) is 155 Å². The van der Waals surface area contributed by atoms with Crippen molar-refractivity contribution in [2.45, 2.75) is 49.6 Å². The number of hydrogen-bond donors (Lipinski definition) is 5. The Balaban J connectivity index is 3.17. The van der Waals surface area contributed by atoms with E-state index in [4.69, 9.17) is 14.6 Å². The number of esters is 1. The zero-order valence-corrected chi connectivity index (χ0v) is 13.1. The van der Waals surface area contributed by atoms with Crippen molar-refractivity contribution < 1.29 is 44.2 Å². The minimum absolute atomic E-state index is 0.362. The summed E-state index contributed by atoms with van der Waals surface area (Å²) in [6.45, 7) is 0.402. The maximum atomic E-state index is 11.9. The molecule has 0 aromatic carbocycles. The van der Waals surface area contributed by atoms with Gasteiger partial charge in [0.25, 0.3) is 5.79 Å². The van der Waals surface area contributed by atoms with E-state index < -0.39 is 54.7 Å². The summed E-state index contributed by atoms with van der Waals surface area (Å²) in [5.41, 5.74) is 0. The second-order valence-electron chi connectivity index (χ2n) is 5.27. The Hall–Kier alpha value is -1.30. The van der Waals surface area contributed by atoms with Gasteiger partial charge in [-0.15, -0.1) is 0 Å². The third kappa shape index (κ3) is 4.16. The van der Waals surface area contributed by atoms with Crippen molar-refractivity contribution in [1.29, 1.82) is 0 Å². The first-order chi connectivity index (χ1) is 10.7. The predicted octanol–water partition coefficient (Wildman–Crippen LogP) is -3.13. The predicted molar refractivity (Wildman–Crippen MR) is 74.0 cm³/mol. The number of carbonyl (C=O) groups excluding carboxylic acids is 2. The van der Waals surface area contributed by atoms with Crippen LogP contribution >= 0.6 is 0 Å². The SMILES string of the molecule is COC(=O)C1(OC)CC(O)C(NC(C)=O)C([C@@H](O)[C@H](O)CO)O1. The highest BCUT2D eigenvalue weighted by Crippen LogP contribution is 2.33. The first kappa shape index (κ1) is 19.7. The summed E-state index contributed by atoms with van der Waals surface area (Å²) in [5, 5.41) is 41.4. The molecule has 1 rings (SSSR count). The van der Waals surface area contributed by atoms with Crippen LogP contribution in [-0.2, 0) is 23.8 Å². The van der Waals surface area contributed by atoms with Crippen LogP contribution < -0.4 is 5.32 Å². The average molecular weight is 337 g/mol. The molecule has 0 aliphatic carbocycles. The van der Waals surface area contributed by atoms with Crippen LogP contribution in [0, 0.1) is 0 Å². The van der Waals surface area contributed by atoms with Crippen LogP contribution in [0.1, 0.15) is 13.3 Å². The lowest BCUT2D eigenvalue weighted by Crippen LogP contribution is -2.67. The number of amides is 1. The molecule has 10 heteroatoms. The van der Waals surface area contributed by atoms with Gasteiger partial charge in [-0.1, -0.05) is 0 Å². The fourth-order valence-electron chi connectivity index (χ4n) is 2.49. The molecule has 0 aromatic heterocycles. The van der Waals surface area contributed by atoms with E-state index in [0.29, 0.717) is 0 Å². The van der Waals surface area contributed by atoms with E-state index in [1.165, 1.54) is 6.92 Å². The molecule has 0 saturated carbocycles. The third-order valence-corrected chi connectivity index (χ3v) is 3.69. The lowest BCUT2D eigenvalue weighted by Gasteiger charge is -2.46. The van der Waals surface area contributed by atoms with Gasteiger partial charge in [0.15, 0.2) is 0 Å². The minimum atomic E-state index is -2.01. The highest BCUT2D eigenvalue weighted by molar-refractivity contribution is 5.78. The van der Waals surface area contributed by atoms with E-state index in [1.54, 1.807) is 0 Å². The number of aliphatic hydroxyl groups excluding tert-OH is 4. The Morgan fingerprint density at radius 1 is 1.39 bits per heavy atom. The molecule has 1 aliphatic heterocycles. The molecule has 0 aromatic rings. The second kappa shape index (κ2) is 7.99. The van der Waals surface area contributed by atoms with E-state index in [2.05, 4.69) is 10.1 Å². The van der Waals surface area contributed by atoms with Gasteiger partial charge in [0.2, 0.25) is 5.91 Å². The molecule has 0 spiro atoms. The number of hydrogen-bond acceptors (Lipinski definition) is 9. The first-order valence-electron chi connectivity index (χ1n) is 6.96. The zero-order valence-electron chi connectivity index (χ0n) is 13.1. The maximum Gasteiger partial charge on any atom is 0.366 e. The molecule has 10 nitrogen and oxygen atoms in total. The van der Waals surface area contributed by atoms with Crippen LogP contribution in [0.25, 0.3) is 0 Å². The molecule has 23 heavy (non-hydrogen) atoms. The van der Waals surface area contributed by atoms with E-state index in [0.717, 1.165) is 14.2 Å². The van der Waals surface area contributed by atoms with Gasteiger partial charge in [-0.2, -0.15) is 0 Å². The number of nitrogens with one attached hydrogen (secondary N) is 1. The van der Waals surface area contributed by atoms with Gasteiger partial charge in [-0.25, -0.2) is 4.79 Å². The molecule has 6 atom stereocenters. The van der Waals surface area contributed by atoms with E-state index in [9.17, 15) is 24.9 Å². The number of methoxy groups -OCH3 is 2. The van der Waals surface area contributed by atoms with Crippen LogP contribution in [0.5, 0.6) is 0 Å². The molecule has 1 amide bonds. The average Bonchev–Trinajstić information content (AvgIpc) is 2.53. The maximum absolute atomic E-state index is 11.9. The van der Waals surface area contributed by atoms with Gasteiger partial charge < -0.3 is 40.0 Å². The third-order valence-electron chi connectivity index (χ3n) is 3.69. The van der Waals surface area contributed by atoms with Crippen LogP contribution in [0.4, 0.5) is 0 Å². The molecular formula is C13H23NO9. The highest BCUT2D eigenvalue weighted by atomic mass is 16.7. The van der Waals surface area contributed by atoms with Crippen molar-refractivity contribution in [3.05, 3.63) is 0 Å². The Kier molecular flexibility index (Phi) is 6.86. The quantitative estimate of drug-likeness (QED) is 0.316. The number of rotatable bonds is 6. The molecule has 0 bridgehead atoms. The summed E-state index contributed by atoms with van der Waals surface area (Å²) in [6.07, 6.45) is -6.44. The minimum Gasteiger partial charge on any atom is -0.465 e. The van der Waals surface area contributed by atoms with Crippen LogP contribution in [0.3, 0.4) is 0 Å². The van der Waals surface area contributed by atoms with Crippen molar-refractivity contribution in [3.63, 3.8) is 0 Å². The summed E-state index contributed by atoms with van der Waals surface area (Å²) in [4.78, 5) is 23.2. The van der Waals surface area contributed by atoms with E-state index in [1.807, 2.05) is 0 Å². The molecule has 4 unspecified atom stereocenters. The molecular weight excluding hydrogens is 314 g/mol. The number of ether oxygens (including phenoxy) is 3. The van der Waals surface area contributed by atoms with Crippen LogP contribution in [-0.4, -0.2) is 89.4 Å². The van der Waals surface area contributed by atoms with Gasteiger partial charge >= 0.3 is 5.97 Å². The van der Waals surface area contributed by atoms with E-state index >= 15 is 0 Å². The molecule has 134 valence electrons. The molecule has 1 aliphatic rings. The van der Waals surface area contributed by atoms with Gasteiger partial charge in [0.05, 0.1) is 25.9 Å². The summed E-state index contributed by atoms with van der Waals surface area (Å²) >= 11 is 0. The van der Waals surface area contributed by atoms with E-state index in [-0.39, 0.29) is 6.42 Å². The Bertz CT molecular complexity index is 432. The van der Waals surface area contributed by atoms with Gasteiger partial charge in [0, 0.05) is 20.5 Å².